The maximum Gasteiger partial charge on any atom is 0.314 e. The Morgan fingerprint density at radius 1 is 1.12 bits per heavy atom. The molecule has 0 aliphatic rings. The number of hydrogen-bond acceptors (Lipinski definition) is 4. The summed E-state index contributed by atoms with van der Waals surface area (Å²) in [5.74, 6) is 0. The second-order valence-electron chi connectivity index (χ2n) is 3.08. The predicted octanol–water partition coefficient (Wildman–Crippen LogP) is 1.98. The highest BCUT2D eigenvalue weighted by atomic mass is 19.1. The lowest BCUT2D eigenvalue weighted by Crippen LogP contribution is -1.93. The lowest BCUT2D eigenvalue weighted by atomic mass is 10.1. The average Bonchev–Trinajstić information content (AvgIpc) is 2.30. The molecule has 0 aliphatic heterocycles. The maximum absolute atomic E-state index is 11.7. The first-order valence-corrected chi connectivity index (χ1v) is 4.97. The topological polar surface area (TPSA) is 64.7 Å². The number of para-hydroxylation sites is 1. The van der Waals surface area contributed by atoms with Gasteiger partial charge in [-0.05, 0) is 18.1 Å². The van der Waals surface area contributed by atoms with Crippen LogP contribution < -0.4 is 5.73 Å². The first-order valence-electron chi connectivity index (χ1n) is 4.97. The molecule has 4 nitrogen and oxygen atoms in total. The molecule has 0 saturated heterocycles. The molecule has 0 fully saturated rings. The van der Waals surface area contributed by atoms with Gasteiger partial charge < -0.3 is 5.73 Å². The van der Waals surface area contributed by atoms with Gasteiger partial charge in [0.2, 0.25) is 0 Å². The van der Waals surface area contributed by atoms with E-state index in [0.717, 1.165) is 18.4 Å². The number of nitrogen functional groups attached to an aromatic ring is 1. The van der Waals surface area contributed by atoms with Crippen molar-refractivity contribution in [3.05, 3.63) is 48.3 Å². The summed E-state index contributed by atoms with van der Waals surface area (Å²) < 4.78 is 23.3. The molecular formula is C11H12F2N4. The van der Waals surface area contributed by atoms with Crippen molar-refractivity contribution in [2.75, 3.05) is 5.73 Å². The van der Waals surface area contributed by atoms with Crippen molar-refractivity contribution in [2.24, 2.45) is 0 Å². The van der Waals surface area contributed by atoms with Gasteiger partial charge in [-0.15, -0.1) is 0 Å². The fraction of sp³-hybridized carbons (Fsp3) is 0.182. The van der Waals surface area contributed by atoms with Gasteiger partial charge in [-0.1, -0.05) is 25.1 Å². The highest BCUT2D eigenvalue weighted by molar-refractivity contribution is 5.46. The zero-order chi connectivity index (χ0) is 12.7. The van der Waals surface area contributed by atoms with Crippen LogP contribution in [0, 0.1) is 12.2 Å². The summed E-state index contributed by atoms with van der Waals surface area (Å²) in [5.41, 5.74) is 7.77. The molecule has 90 valence electrons. The summed E-state index contributed by atoms with van der Waals surface area (Å²) in [6.07, 6.45) is -0.417. The molecule has 0 radical (unpaired) electrons. The Labute approximate surface area is 97.6 Å². The molecular weight excluding hydrogens is 226 g/mol. The lowest BCUT2D eigenvalue weighted by Gasteiger charge is -1.98. The van der Waals surface area contributed by atoms with E-state index in [2.05, 4.69) is 27.9 Å². The second-order valence-corrected chi connectivity index (χ2v) is 3.08. The zero-order valence-electron chi connectivity index (χ0n) is 9.27. The number of halogens is 2. The molecule has 2 N–H and O–H groups in total. The number of hydrogen-bond donors (Lipinski definition) is 1. The Kier molecular flexibility index (Phi) is 4.93. The van der Waals surface area contributed by atoms with Gasteiger partial charge in [0.05, 0.1) is 0 Å². The van der Waals surface area contributed by atoms with E-state index in [0.29, 0.717) is 0 Å². The van der Waals surface area contributed by atoms with E-state index in [1.54, 1.807) is 0 Å². The SMILES string of the molecule is CCc1ccccc1N.Fc1ncnc(F)n1. The van der Waals surface area contributed by atoms with Crippen molar-refractivity contribution in [1.82, 2.24) is 15.0 Å². The number of nitrogens with two attached hydrogens (primary N) is 1. The summed E-state index contributed by atoms with van der Waals surface area (Å²) in [7, 11) is 0. The van der Waals surface area contributed by atoms with Crippen molar-refractivity contribution in [1.29, 1.82) is 0 Å². The fourth-order valence-electron chi connectivity index (χ4n) is 1.11. The van der Waals surface area contributed by atoms with E-state index in [-0.39, 0.29) is 0 Å². The highest BCUT2D eigenvalue weighted by Gasteiger charge is 1.93. The molecule has 0 atom stereocenters. The molecule has 2 aromatic rings. The highest BCUT2D eigenvalue weighted by Crippen LogP contribution is 2.09. The maximum atomic E-state index is 11.7. The number of anilines is 1. The minimum Gasteiger partial charge on any atom is -0.399 e. The Morgan fingerprint density at radius 2 is 1.71 bits per heavy atom. The van der Waals surface area contributed by atoms with Crippen molar-refractivity contribution >= 4 is 5.69 Å². The third-order valence-electron chi connectivity index (χ3n) is 1.95. The molecule has 2 rings (SSSR count). The third-order valence-corrected chi connectivity index (χ3v) is 1.95. The van der Waals surface area contributed by atoms with Crippen molar-refractivity contribution in [3.63, 3.8) is 0 Å². The van der Waals surface area contributed by atoms with Crippen molar-refractivity contribution in [2.45, 2.75) is 13.3 Å². The van der Waals surface area contributed by atoms with Crippen LogP contribution in [0.1, 0.15) is 12.5 Å². The molecule has 0 amide bonds. The van der Waals surface area contributed by atoms with E-state index >= 15 is 0 Å². The van der Waals surface area contributed by atoms with Gasteiger partial charge in [-0.3, -0.25) is 0 Å². The smallest absolute Gasteiger partial charge is 0.314 e. The summed E-state index contributed by atoms with van der Waals surface area (Å²) in [4.78, 5) is 8.44. The van der Waals surface area contributed by atoms with E-state index in [4.69, 9.17) is 5.73 Å². The van der Waals surface area contributed by atoms with Gasteiger partial charge >= 0.3 is 12.2 Å². The van der Waals surface area contributed by atoms with E-state index in [9.17, 15) is 8.78 Å². The molecule has 0 aliphatic carbocycles. The van der Waals surface area contributed by atoms with Gasteiger partial charge in [0.1, 0.15) is 6.33 Å². The molecule has 0 spiro atoms. The van der Waals surface area contributed by atoms with Crippen LogP contribution in [0.4, 0.5) is 14.5 Å². The van der Waals surface area contributed by atoms with Crippen LogP contribution in [0.2, 0.25) is 0 Å². The number of benzene rings is 1. The van der Waals surface area contributed by atoms with E-state index in [1.165, 1.54) is 5.56 Å². The third kappa shape index (κ3) is 4.50. The predicted molar refractivity (Wildman–Crippen MR) is 60.0 cm³/mol. The van der Waals surface area contributed by atoms with Crippen molar-refractivity contribution < 1.29 is 8.78 Å². The minimum absolute atomic E-state index is 0.762. The zero-order valence-corrected chi connectivity index (χ0v) is 9.27. The molecule has 1 aromatic heterocycles. The molecule has 6 heteroatoms. The summed E-state index contributed by atoms with van der Waals surface area (Å²) >= 11 is 0. The van der Waals surface area contributed by atoms with Gasteiger partial charge in [-0.2, -0.15) is 23.7 Å². The van der Waals surface area contributed by atoms with Crippen LogP contribution in [-0.4, -0.2) is 15.0 Å². The second kappa shape index (κ2) is 6.47. The largest absolute Gasteiger partial charge is 0.399 e. The molecule has 0 bridgehead atoms. The summed E-state index contributed by atoms with van der Waals surface area (Å²) in [5, 5.41) is 0. The van der Waals surface area contributed by atoms with Gasteiger partial charge in [0, 0.05) is 5.69 Å². The molecule has 1 aromatic carbocycles. The molecule has 0 saturated carbocycles. The lowest BCUT2D eigenvalue weighted by molar-refractivity contribution is 0.454. The van der Waals surface area contributed by atoms with Crippen LogP contribution in [0.25, 0.3) is 0 Å². The number of aromatic nitrogens is 3. The summed E-state index contributed by atoms with van der Waals surface area (Å²) in [6.45, 7) is 2.10. The first kappa shape index (κ1) is 13.0. The number of rotatable bonds is 1. The normalized spacial score (nSPS) is 9.35. The van der Waals surface area contributed by atoms with Crippen LogP contribution in [0.15, 0.2) is 30.6 Å². The number of aryl methyl sites for hydroxylation is 1. The average molecular weight is 238 g/mol. The van der Waals surface area contributed by atoms with Gasteiger partial charge in [0.15, 0.2) is 0 Å². The standard InChI is InChI=1S/C8H11N.C3HF2N3/c1-2-7-5-3-4-6-8(7)9;4-2-6-1-7-3(5)8-2/h3-6H,2,9H2,1H3;1H. The Hall–Kier alpha value is -2.11. The first-order chi connectivity index (χ1) is 8.13. The quantitative estimate of drug-likeness (QED) is 0.771. The Morgan fingerprint density at radius 3 is 2.06 bits per heavy atom. The Balaban J connectivity index is 0.000000171. The van der Waals surface area contributed by atoms with Crippen LogP contribution >= 0.6 is 0 Å². The monoisotopic (exact) mass is 238 g/mol. The number of nitrogens with zero attached hydrogens (tertiary/aromatic N) is 3. The van der Waals surface area contributed by atoms with Crippen molar-refractivity contribution in [3.8, 4) is 0 Å². The van der Waals surface area contributed by atoms with E-state index < -0.39 is 12.2 Å². The Bertz CT molecular complexity index is 459. The van der Waals surface area contributed by atoms with Crippen LogP contribution in [-0.2, 0) is 6.42 Å². The van der Waals surface area contributed by atoms with E-state index in [1.807, 2.05) is 18.2 Å². The van der Waals surface area contributed by atoms with Crippen LogP contribution in [0.3, 0.4) is 0 Å². The summed E-state index contributed by atoms with van der Waals surface area (Å²) in [6, 6.07) is 7.94. The van der Waals surface area contributed by atoms with Gasteiger partial charge in [-0.25, -0.2) is 0 Å². The molecule has 17 heavy (non-hydrogen) atoms. The van der Waals surface area contributed by atoms with Crippen LogP contribution in [0.5, 0.6) is 0 Å². The van der Waals surface area contributed by atoms with Gasteiger partial charge in [0.25, 0.3) is 0 Å². The molecule has 1 heterocycles. The fourth-order valence-corrected chi connectivity index (χ4v) is 1.11. The minimum atomic E-state index is -1.10. The molecule has 0 unspecified atom stereocenters.